The lowest BCUT2D eigenvalue weighted by molar-refractivity contribution is -0.137. The molecule has 7 heteroatoms. The maximum atomic E-state index is 12.7. The molecular formula is C14H15F3N2O2. The van der Waals surface area contributed by atoms with Crippen LogP contribution in [0, 0.1) is 5.92 Å². The normalized spacial score (nSPS) is 19.9. The lowest BCUT2D eigenvalue weighted by atomic mass is 10.00. The van der Waals surface area contributed by atoms with Crippen molar-refractivity contribution in [3.63, 3.8) is 0 Å². The lowest BCUT2D eigenvalue weighted by Gasteiger charge is -2.34. The molecule has 0 bridgehead atoms. The molecule has 2 rings (SSSR count). The van der Waals surface area contributed by atoms with Crippen LogP contribution in [0.3, 0.4) is 0 Å². The number of carbonyl (C=O) groups excluding carboxylic acids is 2. The minimum absolute atomic E-state index is 0.0790. The minimum atomic E-state index is -4.49. The highest BCUT2D eigenvalue weighted by molar-refractivity contribution is 6.06. The third kappa shape index (κ3) is 3.17. The third-order valence-electron chi connectivity index (χ3n) is 3.30. The molecule has 1 atom stereocenters. The van der Waals surface area contributed by atoms with E-state index >= 15 is 0 Å². The van der Waals surface area contributed by atoms with Crippen LogP contribution in [0.1, 0.15) is 19.4 Å². The summed E-state index contributed by atoms with van der Waals surface area (Å²) < 4.78 is 38.2. The Hall–Kier alpha value is -2.05. The average Bonchev–Trinajstić information content (AvgIpc) is 2.40. The van der Waals surface area contributed by atoms with E-state index in [4.69, 9.17) is 0 Å². The van der Waals surface area contributed by atoms with Crippen LogP contribution in [0.4, 0.5) is 18.9 Å². The minimum Gasteiger partial charge on any atom is -0.342 e. The topological polar surface area (TPSA) is 49.4 Å². The second-order valence-corrected chi connectivity index (χ2v) is 5.26. The summed E-state index contributed by atoms with van der Waals surface area (Å²) in [6.07, 6.45) is -4.49. The van der Waals surface area contributed by atoms with Crippen LogP contribution in [0.15, 0.2) is 24.3 Å². The number of halogens is 3. The van der Waals surface area contributed by atoms with Gasteiger partial charge in [-0.05, 0) is 24.1 Å². The molecule has 0 aliphatic carbocycles. The molecular weight excluding hydrogens is 285 g/mol. The highest BCUT2D eigenvalue weighted by Gasteiger charge is 2.36. The molecule has 1 aliphatic rings. The van der Waals surface area contributed by atoms with E-state index in [1.807, 2.05) is 0 Å². The zero-order valence-corrected chi connectivity index (χ0v) is 11.6. The van der Waals surface area contributed by atoms with Gasteiger partial charge in [0.25, 0.3) is 0 Å². The summed E-state index contributed by atoms with van der Waals surface area (Å²) in [5, 5.41) is 2.56. The Kier molecular flexibility index (Phi) is 3.93. The molecule has 1 aromatic rings. The van der Waals surface area contributed by atoms with Crippen molar-refractivity contribution in [3.8, 4) is 0 Å². The molecule has 1 aromatic carbocycles. The number of carbonyl (C=O) groups is 2. The van der Waals surface area contributed by atoms with Crippen molar-refractivity contribution in [2.24, 2.45) is 5.92 Å². The van der Waals surface area contributed by atoms with E-state index < -0.39 is 23.7 Å². The molecule has 0 saturated carbocycles. The van der Waals surface area contributed by atoms with Gasteiger partial charge in [-0.2, -0.15) is 13.2 Å². The molecule has 1 aliphatic heterocycles. The van der Waals surface area contributed by atoms with E-state index in [2.05, 4.69) is 5.32 Å². The van der Waals surface area contributed by atoms with Gasteiger partial charge in [0, 0.05) is 5.69 Å². The number of nitrogens with one attached hydrogen (secondary N) is 1. The number of benzene rings is 1. The molecule has 0 radical (unpaired) electrons. The maximum Gasteiger partial charge on any atom is 0.416 e. The first-order valence-electron chi connectivity index (χ1n) is 6.48. The second-order valence-electron chi connectivity index (χ2n) is 5.26. The van der Waals surface area contributed by atoms with Gasteiger partial charge in [-0.15, -0.1) is 0 Å². The number of hydrogen-bond acceptors (Lipinski definition) is 2. The molecule has 1 N–H and O–H groups in total. The van der Waals surface area contributed by atoms with E-state index in [1.54, 1.807) is 13.8 Å². The van der Waals surface area contributed by atoms with E-state index in [9.17, 15) is 22.8 Å². The average molecular weight is 300 g/mol. The summed E-state index contributed by atoms with van der Waals surface area (Å²) in [5.74, 6) is -0.926. The van der Waals surface area contributed by atoms with Gasteiger partial charge >= 0.3 is 6.18 Å². The Morgan fingerprint density at radius 3 is 2.52 bits per heavy atom. The molecule has 1 fully saturated rings. The molecule has 1 saturated heterocycles. The standard InChI is InChI=1S/C14H15F3N2O2/c1-8(2)12-13(21)19(7-11(20)18-12)10-5-3-4-9(6-10)14(15,16)17/h3-6,8,12H,7H2,1-2H3,(H,18,20). The Morgan fingerprint density at radius 1 is 1.29 bits per heavy atom. The smallest absolute Gasteiger partial charge is 0.342 e. The fourth-order valence-electron chi connectivity index (χ4n) is 2.19. The first kappa shape index (κ1) is 15.3. The number of hydrogen-bond donors (Lipinski definition) is 1. The van der Waals surface area contributed by atoms with Gasteiger partial charge in [-0.3, -0.25) is 9.59 Å². The van der Waals surface area contributed by atoms with Crippen molar-refractivity contribution >= 4 is 17.5 Å². The monoisotopic (exact) mass is 300 g/mol. The zero-order valence-electron chi connectivity index (χ0n) is 11.6. The Bertz CT molecular complexity index is 570. The van der Waals surface area contributed by atoms with Gasteiger partial charge < -0.3 is 10.2 Å². The molecule has 0 spiro atoms. The van der Waals surface area contributed by atoms with Gasteiger partial charge in [0.15, 0.2) is 0 Å². The van der Waals surface area contributed by atoms with Crippen LogP contribution in [0.25, 0.3) is 0 Å². The quantitative estimate of drug-likeness (QED) is 0.910. The molecule has 21 heavy (non-hydrogen) atoms. The summed E-state index contributed by atoms with van der Waals surface area (Å²) >= 11 is 0. The predicted molar refractivity (Wildman–Crippen MR) is 70.6 cm³/mol. The van der Waals surface area contributed by atoms with Crippen molar-refractivity contribution in [2.75, 3.05) is 11.4 Å². The summed E-state index contributed by atoms with van der Waals surface area (Å²) in [6.45, 7) is 3.25. The van der Waals surface area contributed by atoms with Crippen LogP contribution in [0.2, 0.25) is 0 Å². The van der Waals surface area contributed by atoms with Crippen molar-refractivity contribution in [2.45, 2.75) is 26.1 Å². The molecule has 114 valence electrons. The van der Waals surface area contributed by atoms with E-state index in [0.717, 1.165) is 17.0 Å². The Labute approximate surface area is 119 Å². The Morgan fingerprint density at radius 2 is 1.95 bits per heavy atom. The van der Waals surface area contributed by atoms with Crippen molar-refractivity contribution in [1.29, 1.82) is 0 Å². The van der Waals surface area contributed by atoms with Crippen molar-refractivity contribution in [3.05, 3.63) is 29.8 Å². The molecule has 2 amide bonds. The number of nitrogens with zero attached hydrogens (tertiary/aromatic N) is 1. The van der Waals surface area contributed by atoms with Crippen LogP contribution in [-0.2, 0) is 15.8 Å². The second kappa shape index (κ2) is 5.38. The summed E-state index contributed by atoms with van der Waals surface area (Å²) in [5.41, 5.74) is -0.768. The number of anilines is 1. The van der Waals surface area contributed by atoms with Crippen molar-refractivity contribution < 1.29 is 22.8 Å². The van der Waals surface area contributed by atoms with Crippen LogP contribution in [-0.4, -0.2) is 24.4 Å². The molecule has 1 unspecified atom stereocenters. The fraction of sp³-hybridized carbons (Fsp3) is 0.429. The van der Waals surface area contributed by atoms with Gasteiger partial charge in [-0.25, -0.2) is 0 Å². The van der Waals surface area contributed by atoms with Crippen LogP contribution < -0.4 is 10.2 Å². The highest BCUT2D eigenvalue weighted by Crippen LogP contribution is 2.32. The number of amides is 2. The molecule has 4 nitrogen and oxygen atoms in total. The highest BCUT2D eigenvalue weighted by atomic mass is 19.4. The number of alkyl halides is 3. The fourth-order valence-corrected chi connectivity index (χ4v) is 2.19. The summed E-state index contributed by atoms with van der Waals surface area (Å²) in [4.78, 5) is 25.1. The first-order chi connectivity index (χ1) is 9.70. The van der Waals surface area contributed by atoms with E-state index in [1.165, 1.54) is 12.1 Å². The maximum absolute atomic E-state index is 12.7. The van der Waals surface area contributed by atoms with Gasteiger partial charge in [-0.1, -0.05) is 19.9 Å². The lowest BCUT2D eigenvalue weighted by Crippen LogP contribution is -2.60. The number of piperazine rings is 1. The zero-order chi connectivity index (χ0) is 15.8. The SMILES string of the molecule is CC(C)C1NC(=O)CN(c2cccc(C(F)(F)F)c2)C1=O. The van der Waals surface area contributed by atoms with Crippen molar-refractivity contribution in [1.82, 2.24) is 5.32 Å². The third-order valence-corrected chi connectivity index (χ3v) is 3.30. The van der Waals surface area contributed by atoms with Crippen LogP contribution in [0.5, 0.6) is 0 Å². The molecule has 0 aromatic heterocycles. The predicted octanol–water partition coefficient (Wildman–Crippen LogP) is 2.19. The van der Waals surface area contributed by atoms with Gasteiger partial charge in [0.2, 0.25) is 11.8 Å². The van der Waals surface area contributed by atoms with E-state index in [0.29, 0.717) is 0 Å². The van der Waals surface area contributed by atoms with E-state index in [-0.39, 0.29) is 24.1 Å². The molecule has 1 heterocycles. The largest absolute Gasteiger partial charge is 0.416 e. The number of rotatable bonds is 2. The van der Waals surface area contributed by atoms with Gasteiger partial charge in [0.05, 0.1) is 5.56 Å². The Balaban J connectivity index is 2.36. The summed E-state index contributed by atoms with van der Waals surface area (Å²) in [6, 6.07) is 3.71. The first-order valence-corrected chi connectivity index (χ1v) is 6.48. The summed E-state index contributed by atoms with van der Waals surface area (Å²) in [7, 11) is 0. The van der Waals surface area contributed by atoms with Crippen LogP contribution >= 0.6 is 0 Å². The van der Waals surface area contributed by atoms with Gasteiger partial charge in [0.1, 0.15) is 12.6 Å².